The summed E-state index contributed by atoms with van der Waals surface area (Å²) in [5.74, 6) is 1.69. The second-order valence-electron chi connectivity index (χ2n) is 8.26. The van der Waals surface area contributed by atoms with Gasteiger partial charge < -0.3 is 14.2 Å². The van der Waals surface area contributed by atoms with Gasteiger partial charge in [0.05, 0.1) is 5.56 Å². The normalized spacial score (nSPS) is 22.7. The highest BCUT2D eigenvalue weighted by molar-refractivity contribution is 5.95. The maximum atomic E-state index is 13.1. The van der Waals surface area contributed by atoms with Crippen LogP contribution in [0.1, 0.15) is 53.1 Å². The molecule has 2 saturated heterocycles. The molecule has 1 atom stereocenters. The molecule has 0 aromatic carbocycles. The smallest absolute Gasteiger partial charge is 0.257 e. The second-order valence-corrected chi connectivity index (χ2v) is 8.26. The van der Waals surface area contributed by atoms with Crippen molar-refractivity contribution < 1.29 is 14.0 Å². The first-order valence-corrected chi connectivity index (χ1v) is 9.99. The predicted octanol–water partition coefficient (Wildman–Crippen LogP) is 3.34. The Bertz CT molecular complexity index is 876. The molecule has 6 heteroatoms. The summed E-state index contributed by atoms with van der Waals surface area (Å²) in [7, 11) is 0. The number of hydrogen-bond acceptors (Lipinski definition) is 4. The van der Waals surface area contributed by atoms with E-state index in [4.69, 9.17) is 4.42 Å². The van der Waals surface area contributed by atoms with Crippen molar-refractivity contribution in [3.8, 4) is 0 Å². The average molecular weight is 381 g/mol. The lowest BCUT2D eigenvalue weighted by Crippen LogP contribution is -2.54. The fourth-order valence-electron chi connectivity index (χ4n) is 4.68. The van der Waals surface area contributed by atoms with Crippen molar-refractivity contribution in [3.05, 3.63) is 53.2 Å². The third kappa shape index (κ3) is 3.68. The molecular formula is C22H27N3O3. The highest BCUT2D eigenvalue weighted by Gasteiger charge is 2.43. The fraction of sp³-hybridized carbons (Fsp3) is 0.500. The largest absolute Gasteiger partial charge is 0.466 e. The number of nitrogens with zero attached hydrogens (tertiary/aromatic N) is 3. The molecule has 2 fully saturated rings. The van der Waals surface area contributed by atoms with Crippen molar-refractivity contribution in [1.82, 2.24) is 14.8 Å². The number of amides is 2. The van der Waals surface area contributed by atoms with Gasteiger partial charge in [0, 0.05) is 50.4 Å². The van der Waals surface area contributed by atoms with Gasteiger partial charge in [-0.3, -0.25) is 14.6 Å². The first-order chi connectivity index (χ1) is 13.5. The van der Waals surface area contributed by atoms with Crippen LogP contribution in [-0.4, -0.2) is 46.2 Å². The van der Waals surface area contributed by atoms with Crippen LogP contribution in [0.5, 0.6) is 0 Å². The van der Waals surface area contributed by atoms with Crippen LogP contribution in [0.4, 0.5) is 0 Å². The number of aryl methyl sites for hydroxylation is 2. The van der Waals surface area contributed by atoms with E-state index in [1.807, 2.05) is 41.8 Å². The Morgan fingerprint density at radius 1 is 1.21 bits per heavy atom. The molecule has 0 N–H and O–H groups in total. The number of hydrogen-bond donors (Lipinski definition) is 0. The van der Waals surface area contributed by atoms with Crippen LogP contribution < -0.4 is 0 Å². The first kappa shape index (κ1) is 18.7. The number of likely N-dealkylation sites (tertiary alicyclic amines) is 2. The van der Waals surface area contributed by atoms with Crippen molar-refractivity contribution in [1.29, 1.82) is 0 Å². The molecular weight excluding hydrogens is 354 g/mol. The van der Waals surface area contributed by atoms with Gasteiger partial charge in [0.2, 0.25) is 5.91 Å². The second kappa shape index (κ2) is 7.41. The molecule has 4 rings (SSSR count). The van der Waals surface area contributed by atoms with Crippen molar-refractivity contribution >= 4 is 11.8 Å². The summed E-state index contributed by atoms with van der Waals surface area (Å²) in [5.41, 5.74) is 1.74. The lowest BCUT2D eigenvalue weighted by Gasteiger charge is -2.48. The molecule has 4 heterocycles. The van der Waals surface area contributed by atoms with E-state index in [2.05, 4.69) is 4.98 Å². The highest BCUT2D eigenvalue weighted by atomic mass is 16.3. The van der Waals surface area contributed by atoms with E-state index in [0.717, 1.165) is 37.1 Å². The molecule has 2 aliphatic heterocycles. The number of furan rings is 1. The van der Waals surface area contributed by atoms with Crippen LogP contribution in [0.3, 0.4) is 0 Å². The molecule has 148 valence electrons. The summed E-state index contributed by atoms with van der Waals surface area (Å²) < 4.78 is 5.56. The van der Waals surface area contributed by atoms with E-state index < -0.39 is 0 Å². The van der Waals surface area contributed by atoms with Crippen LogP contribution >= 0.6 is 0 Å². The summed E-state index contributed by atoms with van der Waals surface area (Å²) in [5, 5.41) is 0. The minimum absolute atomic E-state index is 0.0124. The van der Waals surface area contributed by atoms with Crippen LogP contribution in [0.25, 0.3) is 0 Å². The van der Waals surface area contributed by atoms with Gasteiger partial charge in [0.1, 0.15) is 11.5 Å². The molecule has 2 aromatic rings. The number of piperidine rings is 2. The van der Waals surface area contributed by atoms with Gasteiger partial charge in [-0.25, -0.2) is 0 Å². The summed E-state index contributed by atoms with van der Waals surface area (Å²) in [6.45, 7) is 6.50. The molecule has 0 aliphatic carbocycles. The zero-order valence-corrected chi connectivity index (χ0v) is 16.6. The molecule has 2 amide bonds. The fourth-order valence-corrected chi connectivity index (χ4v) is 4.68. The Balaban J connectivity index is 1.50. The van der Waals surface area contributed by atoms with E-state index in [1.165, 1.54) is 0 Å². The molecule has 1 spiro atoms. The van der Waals surface area contributed by atoms with Gasteiger partial charge in [-0.2, -0.15) is 0 Å². The van der Waals surface area contributed by atoms with Gasteiger partial charge in [-0.05, 0) is 56.9 Å². The van der Waals surface area contributed by atoms with E-state index in [0.29, 0.717) is 37.4 Å². The number of pyridine rings is 1. The van der Waals surface area contributed by atoms with E-state index >= 15 is 0 Å². The lowest BCUT2D eigenvalue weighted by atomic mass is 9.73. The summed E-state index contributed by atoms with van der Waals surface area (Å²) >= 11 is 0. The predicted molar refractivity (Wildman–Crippen MR) is 105 cm³/mol. The van der Waals surface area contributed by atoms with Crippen molar-refractivity contribution in [3.63, 3.8) is 0 Å². The molecule has 0 saturated carbocycles. The van der Waals surface area contributed by atoms with Gasteiger partial charge >= 0.3 is 0 Å². The molecule has 0 unspecified atom stereocenters. The van der Waals surface area contributed by atoms with Gasteiger partial charge in [-0.15, -0.1) is 0 Å². The topological polar surface area (TPSA) is 66.7 Å². The third-order valence-corrected chi connectivity index (χ3v) is 6.09. The van der Waals surface area contributed by atoms with Gasteiger partial charge in [0.15, 0.2) is 0 Å². The van der Waals surface area contributed by atoms with Crippen molar-refractivity contribution in [2.24, 2.45) is 5.41 Å². The minimum atomic E-state index is -0.0124. The molecule has 0 radical (unpaired) electrons. The molecule has 2 aliphatic rings. The van der Waals surface area contributed by atoms with Crippen LogP contribution in [0.2, 0.25) is 0 Å². The van der Waals surface area contributed by atoms with Gasteiger partial charge in [0.25, 0.3) is 5.91 Å². The number of carbonyl (C=O) groups is 2. The Morgan fingerprint density at radius 3 is 2.71 bits per heavy atom. The first-order valence-electron chi connectivity index (χ1n) is 9.99. The summed E-state index contributed by atoms with van der Waals surface area (Å²) in [4.78, 5) is 33.6. The third-order valence-electron chi connectivity index (χ3n) is 6.09. The number of carbonyl (C=O) groups excluding carboxylic acids is 2. The van der Waals surface area contributed by atoms with Crippen LogP contribution in [0.15, 0.2) is 35.0 Å². The Labute approximate surface area is 165 Å². The Kier molecular flexibility index (Phi) is 4.96. The average Bonchev–Trinajstić information content (AvgIpc) is 3.03. The lowest BCUT2D eigenvalue weighted by molar-refractivity contribution is -0.139. The summed E-state index contributed by atoms with van der Waals surface area (Å²) in [6, 6.07) is 5.74. The molecule has 6 nitrogen and oxygen atoms in total. The van der Waals surface area contributed by atoms with Crippen molar-refractivity contribution in [2.45, 2.75) is 46.1 Å². The zero-order valence-electron chi connectivity index (χ0n) is 16.6. The zero-order chi connectivity index (χ0) is 19.7. The van der Waals surface area contributed by atoms with Gasteiger partial charge in [-0.1, -0.05) is 0 Å². The Morgan fingerprint density at radius 2 is 2.00 bits per heavy atom. The Hall–Kier alpha value is -2.63. The molecule has 28 heavy (non-hydrogen) atoms. The summed E-state index contributed by atoms with van der Waals surface area (Å²) in [6.07, 6.45) is 6.95. The maximum absolute atomic E-state index is 13.1. The number of aromatic nitrogens is 1. The standard InChI is InChI=1S/C22H27N3O3/c1-16-12-19(17(2)28-16)21(27)24-11-3-7-22(14-24)8-4-20(26)25(15-22)13-18-5-9-23-10-6-18/h5-6,9-10,12H,3-4,7-8,11,13-15H2,1-2H3/t22-/m1/s1. The SMILES string of the molecule is Cc1cc(C(=O)N2CCC[C@@]3(CCC(=O)N(Cc4ccncc4)C3)C2)c(C)o1. The number of rotatable bonds is 3. The minimum Gasteiger partial charge on any atom is -0.466 e. The van der Waals surface area contributed by atoms with Crippen molar-refractivity contribution in [2.75, 3.05) is 19.6 Å². The van der Waals surface area contributed by atoms with Crippen LogP contribution in [-0.2, 0) is 11.3 Å². The van der Waals surface area contributed by atoms with Crippen LogP contribution in [0, 0.1) is 19.3 Å². The molecule has 2 aromatic heterocycles. The van der Waals surface area contributed by atoms with E-state index in [-0.39, 0.29) is 17.2 Å². The monoisotopic (exact) mass is 381 g/mol. The highest BCUT2D eigenvalue weighted by Crippen LogP contribution is 2.39. The quantitative estimate of drug-likeness (QED) is 0.818. The maximum Gasteiger partial charge on any atom is 0.257 e. The van der Waals surface area contributed by atoms with E-state index in [1.54, 1.807) is 12.4 Å². The molecule has 0 bridgehead atoms. The van der Waals surface area contributed by atoms with E-state index in [9.17, 15) is 9.59 Å².